The second-order valence-electron chi connectivity index (χ2n) is 6.67. The molecule has 1 atom stereocenters. The molecule has 118 valence electrons. The zero-order valence-electron chi connectivity index (χ0n) is 13.6. The van der Waals surface area contributed by atoms with Gasteiger partial charge in [0.1, 0.15) is 5.54 Å². The Morgan fingerprint density at radius 1 is 1.36 bits per heavy atom. The van der Waals surface area contributed by atoms with Gasteiger partial charge in [0, 0.05) is 5.54 Å². The summed E-state index contributed by atoms with van der Waals surface area (Å²) >= 11 is 0. The minimum Gasteiger partial charge on any atom is -0.337 e. The van der Waals surface area contributed by atoms with E-state index in [1.807, 2.05) is 32.0 Å². The standard InChI is InChI=1S/C18H25N3O/c1-14(2)17(3,13-19)21-16(22)12-20-18(10-7-11-18)15-8-5-4-6-9-15/h4-6,8-9,14,20H,7,10-12H2,1-3H3,(H,21,22)/t17-/m1/s1. The molecule has 2 N–H and O–H groups in total. The molecule has 1 amide bonds. The predicted octanol–water partition coefficient (Wildman–Crippen LogP) is 2.71. The second kappa shape index (κ2) is 6.50. The molecule has 0 saturated heterocycles. The Balaban J connectivity index is 1.97. The van der Waals surface area contributed by atoms with E-state index in [4.69, 9.17) is 0 Å². The molecule has 2 rings (SSSR count). The molecule has 22 heavy (non-hydrogen) atoms. The van der Waals surface area contributed by atoms with Gasteiger partial charge in [-0.1, -0.05) is 44.2 Å². The topological polar surface area (TPSA) is 64.9 Å². The predicted molar refractivity (Wildman–Crippen MR) is 87.0 cm³/mol. The number of hydrogen-bond acceptors (Lipinski definition) is 3. The molecular weight excluding hydrogens is 274 g/mol. The van der Waals surface area contributed by atoms with E-state index in [9.17, 15) is 10.1 Å². The van der Waals surface area contributed by atoms with Crippen LogP contribution in [0, 0.1) is 17.2 Å². The van der Waals surface area contributed by atoms with Gasteiger partial charge < -0.3 is 5.32 Å². The molecule has 1 aliphatic rings. The summed E-state index contributed by atoms with van der Waals surface area (Å²) in [5, 5.41) is 15.5. The molecule has 1 fully saturated rings. The van der Waals surface area contributed by atoms with E-state index in [0.29, 0.717) is 0 Å². The van der Waals surface area contributed by atoms with Crippen LogP contribution >= 0.6 is 0 Å². The molecule has 1 aliphatic carbocycles. The van der Waals surface area contributed by atoms with E-state index in [2.05, 4.69) is 28.8 Å². The fraction of sp³-hybridized carbons (Fsp3) is 0.556. The first kappa shape index (κ1) is 16.5. The maximum absolute atomic E-state index is 12.2. The molecule has 0 radical (unpaired) electrons. The summed E-state index contributed by atoms with van der Waals surface area (Å²) in [7, 11) is 0. The average Bonchev–Trinajstić information content (AvgIpc) is 2.47. The first-order valence-electron chi connectivity index (χ1n) is 7.95. The fourth-order valence-corrected chi connectivity index (χ4v) is 2.74. The molecule has 1 saturated carbocycles. The Kier molecular flexibility index (Phi) is 4.87. The highest BCUT2D eigenvalue weighted by molar-refractivity contribution is 5.79. The normalized spacial score (nSPS) is 18.9. The first-order chi connectivity index (χ1) is 10.4. The van der Waals surface area contributed by atoms with Gasteiger partial charge in [-0.15, -0.1) is 0 Å². The third-order valence-corrected chi connectivity index (χ3v) is 4.91. The highest BCUT2D eigenvalue weighted by atomic mass is 16.2. The van der Waals surface area contributed by atoms with Crippen molar-refractivity contribution in [1.82, 2.24) is 10.6 Å². The van der Waals surface area contributed by atoms with Gasteiger partial charge in [0.2, 0.25) is 5.91 Å². The van der Waals surface area contributed by atoms with Crippen LogP contribution in [-0.4, -0.2) is 18.0 Å². The zero-order valence-corrected chi connectivity index (χ0v) is 13.6. The van der Waals surface area contributed by atoms with E-state index >= 15 is 0 Å². The van der Waals surface area contributed by atoms with Crippen LogP contribution in [0.15, 0.2) is 30.3 Å². The van der Waals surface area contributed by atoms with Crippen molar-refractivity contribution in [1.29, 1.82) is 5.26 Å². The number of nitrogens with zero attached hydrogens (tertiary/aromatic N) is 1. The lowest BCUT2D eigenvalue weighted by atomic mass is 9.72. The number of nitriles is 1. The highest BCUT2D eigenvalue weighted by Crippen LogP contribution is 2.40. The van der Waals surface area contributed by atoms with E-state index in [-0.39, 0.29) is 23.9 Å². The van der Waals surface area contributed by atoms with E-state index in [1.165, 1.54) is 12.0 Å². The van der Waals surface area contributed by atoms with Crippen molar-refractivity contribution in [2.75, 3.05) is 6.54 Å². The highest BCUT2D eigenvalue weighted by Gasteiger charge is 2.39. The van der Waals surface area contributed by atoms with Crippen molar-refractivity contribution in [3.8, 4) is 6.07 Å². The van der Waals surface area contributed by atoms with Crippen molar-refractivity contribution in [3.63, 3.8) is 0 Å². The molecule has 0 bridgehead atoms. The van der Waals surface area contributed by atoms with Crippen LogP contribution in [0.1, 0.15) is 45.6 Å². The monoisotopic (exact) mass is 299 g/mol. The first-order valence-corrected chi connectivity index (χ1v) is 7.95. The number of carbonyl (C=O) groups is 1. The van der Waals surface area contributed by atoms with Gasteiger partial charge in [-0.2, -0.15) is 5.26 Å². The van der Waals surface area contributed by atoms with Crippen LogP contribution in [-0.2, 0) is 10.3 Å². The lowest BCUT2D eigenvalue weighted by Crippen LogP contribution is -2.55. The number of hydrogen-bond donors (Lipinski definition) is 2. The van der Waals surface area contributed by atoms with Crippen LogP contribution < -0.4 is 10.6 Å². The van der Waals surface area contributed by atoms with E-state index in [1.54, 1.807) is 6.92 Å². The van der Waals surface area contributed by atoms with Crippen LogP contribution in [0.5, 0.6) is 0 Å². The SMILES string of the molecule is CC(C)[C@@](C)(C#N)NC(=O)CNC1(c2ccccc2)CCC1. The van der Waals surface area contributed by atoms with Crippen LogP contribution in [0.25, 0.3) is 0 Å². The minimum atomic E-state index is -0.821. The number of rotatable bonds is 6. The Bertz CT molecular complexity index is 557. The average molecular weight is 299 g/mol. The number of amides is 1. The smallest absolute Gasteiger partial charge is 0.235 e. The summed E-state index contributed by atoms with van der Waals surface area (Å²) in [5.74, 6) is -0.0619. The van der Waals surface area contributed by atoms with Crippen molar-refractivity contribution in [3.05, 3.63) is 35.9 Å². The van der Waals surface area contributed by atoms with Gasteiger partial charge in [-0.3, -0.25) is 10.1 Å². The van der Waals surface area contributed by atoms with Crippen molar-refractivity contribution in [2.24, 2.45) is 5.92 Å². The molecule has 0 unspecified atom stereocenters. The molecule has 4 heteroatoms. The Morgan fingerprint density at radius 2 is 2.00 bits per heavy atom. The lowest BCUT2D eigenvalue weighted by Gasteiger charge is -2.43. The van der Waals surface area contributed by atoms with Crippen LogP contribution in [0.4, 0.5) is 0 Å². The number of benzene rings is 1. The third kappa shape index (κ3) is 3.31. The van der Waals surface area contributed by atoms with Gasteiger partial charge in [-0.05, 0) is 37.7 Å². The van der Waals surface area contributed by atoms with Gasteiger partial charge in [0.25, 0.3) is 0 Å². The number of carbonyl (C=O) groups excluding carboxylic acids is 1. The summed E-state index contributed by atoms with van der Waals surface area (Å²) in [5.41, 5.74) is 0.332. The second-order valence-corrected chi connectivity index (χ2v) is 6.67. The van der Waals surface area contributed by atoms with Crippen LogP contribution in [0.2, 0.25) is 0 Å². The molecule has 1 aromatic carbocycles. The van der Waals surface area contributed by atoms with E-state index < -0.39 is 5.54 Å². The Morgan fingerprint density at radius 3 is 2.45 bits per heavy atom. The molecule has 0 heterocycles. The van der Waals surface area contributed by atoms with Gasteiger partial charge in [0.15, 0.2) is 0 Å². The zero-order chi connectivity index (χ0) is 16.2. The van der Waals surface area contributed by atoms with Crippen molar-refractivity contribution in [2.45, 2.75) is 51.1 Å². The number of nitrogens with one attached hydrogen (secondary N) is 2. The summed E-state index contributed by atoms with van der Waals surface area (Å²) in [4.78, 5) is 12.2. The Hall–Kier alpha value is -1.86. The van der Waals surface area contributed by atoms with Crippen LogP contribution in [0.3, 0.4) is 0 Å². The maximum Gasteiger partial charge on any atom is 0.235 e. The van der Waals surface area contributed by atoms with Crippen molar-refractivity contribution >= 4 is 5.91 Å². The van der Waals surface area contributed by atoms with Gasteiger partial charge in [0.05, 0.1) is 12.6 Å². The maximum atomic E-state index is 12.2. The summed E-state index contributed by atoms with van der Waals surface area (Å²) in [6.07, 6.45) is 3.26. The molecule has 0 aromatic heterocycles. The summed E-state index contributed by atoms with van der Waals surface area (Å²) in [6, 6.07) is 12.5. The van der Waals surface area contributed by atoms with Gasteiger partial charge in [-0.25, -0.2) is 0 Å². The lowest BCUT2D eigenvalue weighted by molar-refractivity contribution is -0.122. The van der Waals surface area contributed by atoms with Crippen molar-refractivity contribution < 1.29 is 4.79 Å². The third-order valence-electron chi connectivity index (χ3n) is 4.91. The largest absolute Gasteiger partial charge is 0.337 e. The van der Waals surface area contributed by atoms with E-state index in [0.717, 1.165) is 12.8 Å². The quantitative estimate of drug-likeness (QED) is 0.849. The Labute approximate surface area is 132 Å². The minimum absolute atomic E-state index is 0.0632. The van der Waals surface area contributed by atoms with Gasteiger partial charge >= 0.3 is 0 Å². The molecule has 0 aliphatic heterocycles. The molecule has 0 spiro atoms. The fourth-order valence-electron chi connectivity index (χ4n) is 2.74. The molecule has 1 aromatic rings. The summed E-state index contributed by atoms with van der Waals surface area (Å²) in [6.45, 7) is 5.88. The molecule has 4 nitrogen and oxygen atoms in total. The summed E-state index contributed by atoms with van der Waals surface area (Å²) < 4.78 is 0. The molecular formula is C18H25N3O.